The highest BCUT2D eigenvalue weighted by atomic mass is 28.4. The summed E-state index contributed by atoms with van der Waals surface area (Å²) in [5, 5.41) is 33.4. The smallest absolute Gasteiger partial charge is 0.282 e. The van der Waals surface area contributed by atoms with E-state index in [9.17, 15) is 39.7 Å². The van der Waals surface area contributed by atoms with Gasteiger partial charge in [0.15, 0.2) is 16.6 Å². The fourth-order valence-electron chi connectivity index (χ4n) is 6.56. The van der Waals surface area contributed by atoms with Crippen molar-refractivity contribution in [3.63, 3.8) is 0 Å². The molecule has 1 N–H and O–H groups in total. The zero-order valence-corrected chi connectivity index (χ0v) is 39.9. The van der Waals surface area contributed by atoms with E-state index in [1.165, 1.54) is 38.5 Å². The summed E-state index contributed by atoms with van der Waals surface area (Å²) in [6, 6.07) is 4.78. The largest absolute Gasteiger partial charge is 0.496 e. The Morgan fingerprint density at radius 2 is 1.15 bits per heavy atom. The summed E-state index contributed by atoms with van der Waals surface area (Å²) in [5.41, 5.74) is 0.623. The average molecular weight is 875 g/mol. The monoisotopic (exact) mass is 874 g/mol. The van der Waals surface area contributed by atoms with Crippen molar-refractivity contribution >= 4 is 45.6 Å². The Balaban J connectivity index is 0.000000320. The van der Waals surface area contributed by atoms with Crippen molar-refractivity contribution in [2.75, 3.05) is 40.5 Å². The standard InChI is InChI=1S/C21H34N2O6Si.C21H32N2O6Si/c2*1-14-10-18(23(26)27)17(12-19(14)28-5)20(25)22-9-8-16(24)11-15(22)13-29-30(6,7)21(2,3)4/h10,12,15-16,24H,8-9,11,13H2,1-7H3;10,12,15H,8-9,11,13H2,1-7H3/t15-,16+;15-/m00/s1. The Kier molecular flexibility index (Phi) is 16.4. The van der Waals surface area contributed by atoms with Gasteiger partial charge in [-0.3, -0.25) is 34.6 Å². The molecule has 2 fully saturated rings. The maximum Gasteiger partial charge on any atom is 0.282 e. The number of ether oxygens (including phenoxy) is 2. The molecular weight excluding hydrogens is 809 g/mol. The van der Waals surface area contributed by atoms with Crippen LogP contribution in [0.4, 0.5) is 11.4 Å². The van der Waals surface area contributed by atoms with Gasteiger partial charge in [-0.25, -0.2) is 0 Å². The number of aryl methyl sites for hydroxylation is 2. The molecular formula is C42H66N4O12Si2. The van der Waals surface area contributed by atoms with Crippen LogP contribution in [0.2, 0.25) is 36.3 Å². The van der Waals surface area contributed by atoms with Gasteiger partial charge in [0, 0.05) is 50.2 Å². The van der Waals surface area contributed by atoms with Crippen LogP contribution < -0.4 is 9.47 Å². The van der Waals surface area contributed by atoms with Crippen molar-refractivity contribution in [3.05, 3.63) is 66.7 Å². The molecule has 2 aromatic rings. The lowest BCUT2D eigenvalue weighted by Crippen LogP contribution is -2.52. The quantitative estimate of drug-likeness (QED) is 0.123. The minimum atomic E-state index is -2.08. The first-order chi connectivity index (χ1) is 27.6. The van der Waals surface area contributed by atoms with Gasteiger partial charge in [0.1, 0.15) is 28.4 Å². The molecule has 2 amide bonds. The number of piperidine rings is 2. The molecule has 2 aliphatic heterocycles. The molecule has 60 heavy (non-hydrogen) atoms. The van der Waals surface area contributed by atoms with Crippen molar-refractivity contribution in [3.8, 4) is 11.5 Å². The van der Waals surface area contributed by atoms with Gasteiger partial charge in [0.2, 0.25) is 0 Å². The van der Waals surface area contributed by atoms with Gasteiger partial charge in [-0.15, -0.1) is 0 Å². The van der Waals surface area contributed by atoms with Crippen LogP contribution in [0.1, 0.15) is 99.1 Å². The number of nitrogens with zero attached hydrogens (tertiary/aromatic N) is 4. The number of amides is 2. The Bertz CT molecular complexity index is 1920. The van der Waals surface area contributed by atoms with E-state index >= 15 is 0 Å². The number of hydrogen-bond acceptors (Lipinski definition) is 12. The first kappa shape index (κ1) is 50.1. The highest BCUT2D eigenvalue weighted by molar-refractivity contribution is 6.74. The molecule has 2 saturated heterocycles. The Morgan fingerprint density at radius 3 is 1.53 bits per heavy atom. The van der Waals surface area contributed by atoms with Crippen molar-refractivity contribution in [2.24, 2.45) is 0 Å². The number of ketones is 1. The van der Waals surface area contributed by atoms with Gasteiger partial charge in [0.05, 0.1) is 55.5 Å². The average Bonchev–Trinajstić information content (AvgIpc) is 3.15. The second-order valence-corrected chi connectivity index (χ2v) is 28.4. The van der Waals surface area contributed by atoms with E-state index in [-0.39, 0.29) is 70.4 Å². The van der Waals surface area contributed by atoms with Gasteiger partial charge >= 0.3 is 0 Å². The Hall–Kier alpha value is -4.24. The molecule has 3 atom stereocenters. The number of carbonyl (C=O) groups is 3. The van der Waals surface area contributed by atoms with Crippen LogP contribution in [0.25, 0.3) is 0 Å². The third kappa shape index (κ3) is 12.0. The number of methoxy groups -OCH3 is 2. The minimum Gasteiger partial charge on any atom is -0.496 e. The third-order valence-electron chi connectivity index (χ3n) is 12.5. The number of carbonyl (C=O) groups excluding carboxylic acids is 3. The minimum absolute atomic E-state index is 0.00355. The maximum absolute atomic E-state index is 13.4. The Labute approximate surface area is 356 Å². The maximum atomic E-state index is 13.4. The van der Waals surface area contributed by atoms with Crippen molar-refractivity contribution < 1.29 is 47.7 Å². The van der Waals surface area contributed by atoms with Crippen molar-refractivity contribution in [1.82, 2.24) is 9.80 Å². The highest BCUT2D eigenvalue weighted by Gasteiger charge is 2.42. The fourth-order valence-corrected chi connectivity index (χ4v) is 8.64. The molecule has 2 heterocycles. The summed E-state index contributed by atoms with van der Waals surface area (Å²) in [6.45, 7) is 25.7. The number of nitro benzene ring substituents is 2. The topological polar surface area (TPSA) is 201 Å². The molecule has 0 aromatic heterocycles. The molecule has 0 aliphatic carbocycles. The van der Waals surface area contributed by atoms with Crippen LogP contribution in [0.5, 0.6) is 11.5 Å². The summed E-state index contributed by atoms with van der Waals surface area (Å²) in [5.74, 6) is -0.00731. The number of likely N-dealkylation sites (tertiary alicyclic amines) is 2. The first-order valence-corrected chi connectivity index (χ1v) is 26.1. The normalized spacial score (nSPS) is 19.0. The molecule has 4 rings (SSSR count). The summed E-state index contributed by atoms with van der Waals surface area (Å²) < 4.78 is 23.1. The molecule has 0 saturated carbocycles. The van der Waals surface area contributed by atoms with E-state index in [4.69, 9.17) is 18.3 Å². The van der Waals surface area contributed by atoms with E-state index in [1.807, 2.05) is 0 Å². The number of rotatable bonds is 12. The van der Waals surface area contributed by atoms with E-state index < -0.39 is 50.4 Å². The fraction of sp³-hybridized carbons (Fsp3) is 0.643. The van der Waals surface area contributed by atoms with Crippen LogP contribution in [-0.4, -0.2) is 118 Å². The van der Waals surface area contributed by atoms with E-state index in [0.717, 1.165) is 0 Å². The molecule has 2 aromatic carbocycles. The number of hydrogen-bond donors (Lipinski definition) is 1. The molecule has 2 aliphatic rings. The van der Waals surface area contributed by atoms with Crippen LogP contribution in [0, 0.1) is 34.1 Å². The highest BCUT2D eigenvalue weighted by Crippen LogP contribution is 2.39. The van der Waals surface area contributed by atoms with Crippen molar-refractivity contribution in [1.29, 1.82) is 0 Å². The predicted octanol–water partition coefficient (Wildman–Crippen LogP) is 8.01. The lowest BCUT2D eigenvalue weighted by atomic mass is 9.98. The van der Waals surface area contributed by atoms with Crippen LogP contribution in [0.15, 0.2) is 24.3 Å². The third-order valence-corrected chi connectivity index (χ3v) is 21.5. The van der Waals surface area contributed by atoms with Gasteiger partial charge in [0.25, 0.3) is 23.2 Å². The number of nitro groups is 2. The second kappa shape index (κ2) is 19.6. The number of benzene rings is 2. The summed E-state index contributed by atoms with van der Waals surface area (Å²) >= 11 is 0. The van der Waals surface area contributed by atoms with Crippen LogP contribution in [0.3, 0.4) is 0 Å². The SMILES string of the molecule is COc1cc(C(=O)N2CCC(=O)C[C@H]2CO[Si](C)(C)C(C)(C)C)c([N+](=O)[O-])cc1C.COc1cc(C(=O)N2CC[C@@H](O)C[C@H]2CO[Si](C)(C)C(C)(C)C)c([N+](=O)[O-])cc1C. The Morgan fingerprint density at radius 1 is 0.750 bits per heavy atom. The second-order valence-electron chi connectivity index (χ2n) is 18.8. The molecule has 0 radical (unpaired) electrons. The van der Waals surface area contributed by atoms with Crippen molar-refractivity contribution in [2.45, 2.75) is 136 Å². The van der Waals surface area contributed by atoms with Crippen LogP contribution in [-0.2, 0) is 13.6 Å². The van der Waals surface area contributed by atoms with Gasteiger partial charge in [-0.05, 0) is 74.1 Å². The predicted molar refractivity (Wildman–Crippen MR) is 234 cm³/mol. The lowest BCUT2D eigenvalue weighted by molar-refractivity contribution is -0.385. The molecule has 16 nitrogen and oxygen atoms in total. The molecule has 0 unspecified atom stereocenters. The lowest BCUT2D eigenvalue weighted by Gasteiger charge is -2.42. The number of aliphatic hydroxyl groups excluding tert-OH is 1. The molecule has 18 heteroatoms. The van der Waals surface area contributed by atoms with Gasteiger partial charge in [-0.2, -0.15) is 0 Å². The number of Topliss-reactive ketones (excluding diaryl/α,β-unsaturated/α-hetero) is 1. The number of aliphatic hydroxyl groups is 1. The van der Waals surface area contributed by atoms with E-state index in [0.29, 0.717) is 48.6 Å². The zero-order valence-electron chi connectivity index (χ0n) is 37.9. The molecule has 0 spiro atoms. The summed E-state index contributed by atoms with van der Waals surface area (Å²) in [4.78, 5) is 64.1. The van der Waals surface area contributed by atoms with E-state index in [2.05, 4.69) is 67.7 Å². The zero-order chi connectivity index (χ0) is 45.7. The van der Waals surface area contributed by atoms with Crippen LogP contribution >= 0.6 is 0 Å². The summed E-state index contributed by atoms with van der Waals surface area (Å²) in [7, 11) is -1.21. The molecule has 334 valence electrons. The van der Waals surface area contributed by atoms with Gasteiger partial charge in [-0.1, -0.05) is 41.5 Å². The van der Waals surface area contributed by atoms with Gasteiger partial charge < -0.3 is 33.2 Å². The molecule has 0 bridgehead atoms. The first-order valence-electron chi connectivity index (χ1n) is 20.3. The van der Waals surface area contributed by atoms with E-state index in [1.54, 1.807) is 23.6 Å². The summed E-state index contributed by atoms with van der Waals surface area (Å²) in [6.07, 6.45) is 0.719.